The van der Waals surface area contributed by atoms with Crippen LogP contribution in [0.5, 0.6) is 0 Å². The zero-order valence-corrected chi connectivity index (χ0v) is 13.4. The molecular formula is C15H22N2O3S. The van der Waals surface area contributed by atoms with Crippen LogP contribution >= 0.6 is 11.8 Å². The van der Waals surface area contributed by atoms with E-state index in [0.717, 1.165) is 12.1 Å². The van der Waals surface area contributed by atoms with Gasteiger partial charge in [-0.2, -0.15) is 11.8 Å². The van der Waals surface area contributed by atoms with Crippen LogP contribution in [0.4, 0.5) is 10.5 Å². The van der Waals surface area contributed by atoms with Gasteiger partial charge in [0.2, 0.25) is 0 Å². The SMILES string of the molecule is CCc1ccc(N(C)C(=O)N[C@@H](CCSC)C(=O)O)cc1. The molecule has 0 bridgehead atoms. The second kappa shape index (κ2) is 8.56. The van der Waals surface area contributed by atoms with Crippen LogP contribution in [0.3, 0.4) is 0 Å². The molecule has 0 heterocycles. The molecule has 0 fully saturated rings. The van der Waals surface area contributed by atoms with Crippen LogP contribution < -0.4 is 10.2 Å². The molecule has 2 N–H and O–H groups in total. The van der Waals surface area contributed by atoms with Crippen molar-refractivity contribution in [2.45, 2.75) is 25.8 Å². The Balaban J connectivity index is 2.69. The van der Waals surface area contributed by atoms with Gasteiger partial charge in [-0.1, -0.05) is 19.1 Å². The number of aliphatic carboxylic acids is 1. The van der Waals surface area contributed by atoms with Crippen molar-refractivity contribution in [3.8, 4) is 0 Å². The second-order valence-electron chi connectivity index (χ2n) is 4.70. The molecule has 1 aromatic rings. The molecule has 2 amide bonds. The molecule has 0 aromatic heterocycles. The van der Waals surface area contributed by atoms with Crippen LogP contribution in [-0.4, -0.2) is 42.2 Å². The molecule has 0 aliphatic rings. The van der Waals surface area contributed by atoms with Crippen LogP contribution in [-0.2, 0) is 11.2 Å². The van der Waals surface area contributed by atoms with E-state index < -0.39 is 18.0 Å². The monoisotopic (exact) mass is 310 g/mol. The van der Waals surface area contributed by atoms with Gasteiger partial charge in [0.15, 0.2) is 0 Å². The number of amides is 2. The predicted molar refractivity (Wildman–Crippen MR) is 87.2 cm³/mol. The minimum atomic E-state index is -1.01. The number of benzene rings is 1. The van der Waals surface area contributed by atoms with Crippen LogP contribution in [0.2, 0.25) is 0 Å². The van der Waals surface area contributed by atoms with Crippen LogP contribution in [0, 0.1) is 0 Å². The first-order valence-corrected chi connectivity index (χ1v) is 8.23. The molecule has 0 saturated carbocycles. The Morgan fingerprint density at radius 1 is 1.33 bits per heavy atom. The normalized spacial score (nSPS) is 11.8. The highest BCUT2D eigenvalue weighted by atomic mass is 32.2. The first-order chi connectivity index (χ1) is 9.99. The van der Waals surface area contributed by atoms with Crippen molar-refractivity contribution in [3.63, 3.8) is 0 Å². The summed E-state index contributed by atoms with van der Waals surface area (Å²) in [5.41, 5.74) is 1.93. The molecule has 6 heteroatoms. The summed E-state index contributed by atoms with van der Waals surface area (Å²) < 4.78 is 0. The Morgan fingerprint density at radius 2 is 1.95 bits per heavy atom. The lowest BCUT2D eigenvalue weighted by Gasteiger charge is -2.21. The highest BCUT2D eigenvalue weighted by molar-refractivity contribution is 7.98. The lowest BCUT2D eigenvalue weighted by atomic mass is 10.1. The molecule has 1 atom stereocenters. The van der Waals surface area contributed by atoms with E-state index in [2.05, 4.69) is 12.2 Å². The van der Waals surface area contributed by atoms with Crippen molar-refractivity contribution in [1.29, 1.82) is 0 Å². The van der Waals surface area contributed by atoms with Gasteiger partial charge in [0.05, 0.1) is 0 Å². The molecule has 0 unspecified atom stereocenters. The lowest BCUT2D eigenvalue weighted by Crippen LogP contribution is -2.47. The standard InChI is InChI=1S/C15H22N2O3S/c1-4-11-5-7-12(8-6-11)17(2)15(20)16-13(14(18)19)9-10-21-3/h5-8,13H,4,9-10H2,1-3H3,(H,16,20)(H,18,19)/t13-/m0/s1. The van der Waals surface area contributed by atoms with E-state index in [1.165, 1.54) is 10.5 Å². The summed E-state index contributed by atoms with van der Waals surface area (Å²) in [5, 5.41) is 11.7. The Bertz CT molecular complexity index is 476. The van der Waals surface area contributed by atoms with Gasteiger partial charge in [-0.05, 0) is 42.5 Å². The molecule has 0 radical (unpaired) electrons. The van der Waals surface area contributed by atoms with E-state index in [1.54, 1.807) is 18.8 Å². The van der Waals surface area contributed by atoms with Gasteiger partial charge >= 0.3 is 12.0 Å². The van der Waals surface area contributed by atoms with Crippen LogP contribution in [0.1, 0.15) is 18.9 Å². The van der Waals surface area contributed by atoms with E-state index in [4.69, 9.17) is 5.11 Å². The third-order valence-electron chi connectivity index (χ3n) is 3.24. The molecule has 1 rings (SSSR count). The molecule has 0 aliphatic carbocycles. The first kappa shape index (κ1) is 17.4. The van der Waals surface area contributed by atoms with Gasteiger partial charge in [0, 0.05) is 12.7 Å². The highest BCUT2D eigenvalue weighted by Crippen LogP contribution is 2.14. The van der Waals surface area contributed by atoms with Crippen molar-refractivity contribution in [2.24, 2.45) is 0 Å². The zero-order valence-electron chi connectivity index (χ0n) is 12.6. The summed E-state index contributed by atoms with van der Waals surface area (Å²) in [6, 6.07) is 6.37. The molecule has 1 aromatic carbocycles. The number of nitrogens with one attached hydrogen (secondary N) is 1. The average molecular weight is 310 g/mol. The first-order valence-electron chi connectivity index (χ1n) is 6.84. The summed E-state index contributed by atoms with van der Waals surface area (Å²) in [4.78, 5) is 24.7. The lowest BCUT2D eigenvalue weighted by molar-refractivity contribution is -0.139. The number of carboxylic acids is 1. The number of hydrogen-bond donors (Lipinski definition) is 2. The Kier molecular flexibility index (Phi) is 7.08. The summed E-state index contributed by atoms with van der Waals surface area (Å²) in [6.07, 6.45) is 3.25. The van der Waals surface area contributed by atoms with Gasteiger partial charge in [0.1, 0.15) is 6.04 Å². The average Bonchev–Trinajstić information content (AvgIpc) is 2.50. The van der Waals surface area contributed by atoms with E-state index in [1.807, 2.05) is 30.5 Å². The van der Waals surface area contributed by atoms with Crippen molar-refractivity contribution in [3.05, 3.63) is 29.8 Å². The van der Waals surface area contributed by atoms with E-state index >= 15 is 0 Å². The molecule has 0 aliphatic heterocycles. The van der Waals surface area contributed by atoms with E-state index in [9.17, 15) is 9.59 Å². The fourth-order valence-electron chi connectivity index (χ4n) is 1.81. The minimum absolute atomic E-state index is 0.408. The number of rotatable bonds is 7. The van der Waals surface area contributed by atoms with Crippen LogP contribution in [0.25, 0.3) is 0 Å². The summed E-state index contributed by atoms with van der Waals surface area (Å²) in [6.45, 7) is 2.06. The maximum atomic E-state index is 12.1. The van der Waals surface area contributed by atoms with Crippen molar-refractivity contribution >= 4 is 29.4 Å². The fraction of sp³-hybridized carbons (Fsp3) is 0.467. The van der Waals surface area contributed by atoms with Gasteiger partial charge in [-0.3, -0.25) is 4.90 Å². The Morgan fingerprint density at radius 3 is 2.43 bits per heavy atom. The largest absolute Gasteiger partial charge is 0.480 e. The Hall–Kier alpha value is -1.69. The number of nitrogens with zero attached hydrogens (tertiary/aromatic N) is 1. The minimum Gasteiger partial charge on any atom is -0.480 e. The number of hydrogen-bond acceptors (Lipinski definition) is 3. The second-order valence-corrected chi connectivity index (χ2v) is 5.69. The van der Waals surface area contributed by atoms with Crippen molar-refractivity contribution in [1.82, 2.24) is 5.32 Å². The van der Waals surface area contributed by atoms with Crippen molar-refractivity contribution in [2.75, 3.05) is 24.0 Å². The molecule has 0 saturated heterocycles. The highest BCUT2D eigenvalue weighted by Gasteiger charge is 2.21. The third kappa shape index (κ3) is 5.30. The number of carbonyl (C=O) groups is 2. The van der Waals surface area contributed by atoms with Gasteiger partial charge in [-0.15, -0.1) is 0 Å². The van der Waals surface area contributed by atoms with Gasteiger partial charge < -0.3 is 10.4 Å². The molecular weight excluding hydrogens is 288 g/mol. The number of anilines is 1. The quantitative estimate of drug-likeness (QED) is 0.812. The summed E-state index contributed by atoms with van der Waals surface area (Å²) in [5.74, 6) is -0.321. The maximum Gasteiger partial charge on any atom is 0.326 e. The number of urea groups is 1. The van der Waals surface area contributed by atoms with Gasteiger partial charge in [0.25, 0.3) is 0 Å². The van der Waals surface area contributed by atoms with Crippen LogP contribution in [0.15, 0.2) is 24.3 Å². The zero-order chi connectivity index (χ0) is 15.8. The summed E-state index contributed by atoms with van der Waals surface area (Å²) in [7, 11) is 1.63. The van der Waals surface area contributed by atoms with Gasteiger partial charge in [-0.25, -0.2) is 9.59 Å². The van der Waals surface area contributed by atoms with E-state index in [0.29, 0.717) is 12.2 Å². The molecule has 116 valence electrons. The smallest absolute Gasteiger partial charge is 0.326 e. The molecule has 5 nitrogen and oxygen atoms in total. The topological polar surface area (TPSA) is 69.6 Å². The number of carbonyl (C=O) groups excluding carboxylic acids is 1. The molecule has 21 heavy (non-hydrogen) atoms. The number of carboxylic acid groups (broad SMARTS) is 1. The number of aryl methyl sites for hydroxylation is 1. The molecule has 0 spiro atoms. The summed E-state index contributed by atoms with van der Waals surface area (Å²) >= 11 is 1.56. The predicted octanol–water partition coefficient (Wildman–Crippen LogP) is 2.60. The van der Waals surface area contributed by atoms with E-state index in [-0.39, 0.29) is 0 Å². The Labute approximate surface area is 129 Å². The third-order valence-corrected chi connectivity index (χ3v) is 3.89. The fourth-order valence-corrected chi connectivity index (χ4v) is 2.28. The van der Waals surface area contributed by atoms with Crippen molar-refractivity contribution < 1.29 is 14.7 Å². The number of thioether (sulfide) groups is 1. The maximum absolute atomic E-state index is 12.1.